The van der Waals surface area contributed by atoms with Gasteiger partial charge < -0.3 is 15.0 Å². The van der Waals surface area contributed by atoms with Gasteiger partial charge in [-0.15, -0.1) is 0 Å². The van der Waals surface area contributed by atoms with Crippen LogP contribution in [0.4, 0.5) is 0 Å². The lowest BCUT2D eigenvalue weighted by molar-refractivity contribution is -0.142. The second-order valence-electron chi connectivity index (χ2n) is 4.09. The third-order valence-corrected chi connectivity index (χ3v) is 2.80. The van der Waals surface area contributed by atoms with Crippen molar-refractivity contribution < 1.29 is 9.53 Å². The Morgan fingerprint density at radius 3 is 2.44 bits per heavy atom. The van der Waals surface area contributed by atoms with Gasteiger partial charge in [0.25, 0.3) is 0 Å². The maximum atomic E-state index is 11.2. The van der Waals surface area contributed by atoms with Gasteiger partial charge in [0.1, 0.15) is 6.04 Å². The molecule has 2 rings (SSSR count). The SMILES string of the molecule is COC(=O)[C@@H](N)Cc1ccc(-n2cccc2)cc1. The van der Waals surface area contributed by atoms with Gasteiger partial charge in [0.05, 0.1) is 7.11 Å². The molecule has 1 atom stereocenters. The Hall–Kier alpha value is -2.07. The van der Waals surface area contributed by atoms with E-state index in [0.29, 0.717) is 6.42 Å². The lowest BCUT2D eigenvalue weighted by atomic mass is 10.1. The maximum absolute atomic E-state index is 11.2. The lowest BCUT2D eigenvalue weighted by Crippen LogP contribution is -2.33. The first kappa shape index (κ1) is 12.4. The van der Waals surface area contributed by atoms with E-state index < -0.39 is 6.04 Å². The molecule has 0 saturated carbocycles. The minimum absolute atomic E-state index is 0.385. The Morgan fingerprint density at radius 1 is 1.28 bits per heavy atom. The summed E-state index contributed by atoms with van der Waals surface area (Å²) in [7, 11) is 1.34. The average Bonchev–Trinajstić information content (AvgIpc) is 2.92. The van der Waals surface area contributed by atoms with Gasteiger partial charge in [-0.05, 0) is 36.2 Å². The summed E-state index contributed by atoms with van der Waals surface area (Å²) in [5, 5.41) is 0. The zero-order valence-electron chi connectivity index (χ0n) is 10.2. The number of ether oxygens (including phenoxy) is 1. The summed E-state index contributed by atoms with van der Waals surface area (Å²) in [4.78, 5) is 11.2. The van der Waals surface area contributed by atoms with Crippen LogP contribution in [0.5, 0.6) is 0 Å². The minimum atomic E-state index is -0.604. The molecule has 2 N–H and O–H groups in total. The average molecular weight is 244 g/mol. The molecule has 0 radical (unpaired) electrons. The van der Waals surface area contributed by atoms with E-state index >= 15 is 0 Å². The number of methoxy groups -OCH3 is 1. The van der Waals surface area contributed by atoms with Gasteiger partial charge in [0, 0.05) is 18.1 Å². The van der Waals surface area contributed by atoms with Crippen LogP contribution in [-0.4, -0.2) is 23.7 Å². The predicted octanol–water partition coefficient (Wildman–Crippen LogP) is 1.52. The number of esters is 1. The van der Waals surface area contributed by atoms with Gasteiger partial charge in [0.2, 0.25) is 0 Å². The minimum Gasteiger partial charge on any atom is -0.468 e. The summed E-state index contributed by atoms with van der Waals surface area (Å²) in [6.45, 7) is 0. The third-order valence-electron chi connectivity index (χ3n) is 2.80. The number of nitrogens with two attached hydrogens (primary N) is 1. The van der Waals surface area contributed by atoms with E-state index in [0.717, 1.165) is 11.3 Å². The molecule has 1 heterocycles. The fourth-order valence-electron chi connectivity index (χ4n) is 1.80. The largest absolute Gasteiger partial charge is 0.468 e. The highest BCUT2D eigenvalue weighted by Crippen LogP contribution is 2.11. The summed E-state index contributed by atoms with van der Waals surface area (Å²) in [6.07, 6.45) is 4.45. The normalized spacial score (nSPS) is 12.1. The van der Waals surface area contributed by atoms with Crippen molar-refractivity contribution in [3.05, 3.63) is 54.4 Å². The molecule has 1 aromatic heterocycles. The van der Waals surface area contributed by atoms with Crippen molar-refractivity contribution in [3.63, 3.8) is 0 Å². The van der Waals surface area contributed by atoms with Crippen molar-refractivity contribution in [1.82, 2.24) is 4.57 Å². The Bertz CT molecular complexity index is 503. The number of nitrogens with zero attached hydrogens (tertiary/aromatic N) is 1. The molecule has 4 nitrogen and oxygen atoms in total. The van der Waals surface area contributed by atoms with E-state index in [1.165, 1.54) is 7.11 Å². The smallest absolute Gasteiger partial charge is 0.322 e. The van der Waals surface area contributed by atoms with Crippen LogP contribution in [-0.2, 0) is 16.0 Å². The molecule has 0 fully saturated rings. The molecule has 1 aromatic carbocycles. The highest BCUT2D eigenvalue weighted by atomic mass is 16.5. The van der Waals surface area contributed by atoms with Crippen molar-refractivity contribution in [1.29, 1.82) is 0 Å². The zero-order valence-corrected chi connectivity index (χ0v) is 10.2. The van der Waals surface area contributed by atoms with Crippen LogP contribution in [0.1, 0.15) is 5.56 Å². The van der Waals surface area contributed by atoms with Crippen molar-refractivity contribution in [2.45, 2.75) is 12.5 Å². The summed E-state index contributed by atoms with van der Waals surface area (Å²) < 4.78 is 6.62. The zero-order chi connectivity index (χ0) is 13.0. The first-order valence-electron chi connectivity index (χ1n) is 5.76. The number of aromatic nitrogens is 1. The van der Waals surface area contributed by atoms with Crippen LogP contribution < -0.4 is 5.73 Å². The molecule has 0 bridgehead atoms. The fourth-order valence-corrected chi connectivity index (χ4v) is 1.80. The first-order valence-corrected chi connectivity index (χ1v) is 5.76. The molecule has 0 aliphatic rings. The standard InChI is InChI=1S/C14H16N2O2/c1-18-14(17)13(15)10-11-4-6-12(7-5-11)16-8-2-3-9-16/h2-9,13H,10,15H2,1H3/t13-/m0/s1. The second kappa shape index (κ2) is 5.51. The van der Waals surface area contributed by atoms with E-state index in [4.69, 9.17) is 5.73 Å². The van der Waals surface area contributed by atoms with Crippen molar-refractivity contribution in [2.24, 2.45) is 5.73 Å². The van der Waals surface area contributed by atoms with E-state index in [1.54, 1.807) is 0 Å². The number of rotatable bonds is 4. The second-order valence-corrected chi connectivity index (χ2v) is 4.09. The fraction of sp³-hybridized carbons (Fsp3) is 0.214. The van der Waals surface area contributed by atoms with Crippen LogP contribution in [0, 0.1) is 0 Å². The van der Waals surface area contributed by atoms with Gasteiger partial charge in [0.15, 0.2) is 0 Å². The third kappa shape index (κ3) is 2.78. The van der Waals surface area contributed by atoms with Gasteiger partial charge in [-0.25, -0.2) is 0 Å². The van der Waals surface area contributed by atoms with E-state index in [9.17, 15) is 4.79 Å². The molecule has 0 spiro atoms. The Kier molecular flexibility index (Phi) is 3.79. The van der Waals surface area contributed by atoms with Gasteiger partial charge >= 0.3 is 5.97 Å². The molecule has 0 unspecified atom stereocenters. The number of carbonyl (C=O) groups excluding carboxylic acids is 1. The van der Waals surface area contributed by atoms with Crippen LogP contribution in [0.2, 0.25) is 0 Å². The Morgan fingerprint density at radius 2 is 1.89 bits per heavy atom. The maximum Gasteiger partial charge on any atom is 0.322 e. The monoisotopic (exact) mass is 244 g/mol. The number of benzene rings is 1. The molecular formula is C14H16N2O2. The summed E-state index contributed by atoms with van der Waals surface area (Å²) in [5.41, 5.74) is 7.81. The van der Waals surface area contributed by atoms with Gasteiger partial charge in [-0.1, -0.05) is 12.1 Å². The quantitative estimate of drug-likeness (QED) is 0.830. The first-order chi connectivity index (χ1) is 8.70. The van der Waals surface area contributed by atoms with Crippen LogP contribution >= 0.6 is 0 Å². The van der Waals surface area contributed by atoms with Crippen molar-refractivity contribution in [2.75, 3.05) is 7.11 Å². The molecule has 94 valence electrons. The Balaban J connectivity index is 2.06. The van der Waals surface area contributed by atoms with E-state index in [2.05, 4.69) is 4.74 Å². The van der Waals surface area contributed by atoms with Crippen molar-refractivity contribution >= 4 is 5.97 Å². The van der Waals surface area contributed by atoms with Crippen LogP contribution in [0.25, 0.3) is 5.69 Å². The molecule has 2 aromatic rings. The lowest BCUT2D eigenvalue weighted by Gasteiger charge is -2.10. The number of hydrogen-bond acceptors (Lipinski definition) is 3. The predicted molar refractivity (Wildman–Crippen MR) is 69.5 cm³/mol. The van der Waals surface area contributed by atoms with E-state index in [-0.39, 0.29) is 5.97 Å². The molecule has 18 heavy (non-hydrogen) atoms. The van der Waals surface area contributed by atoms with Gasteiger partial charge in [-0.2, -0.15) is 0 Å². The summed E-state index contributed by atoms with van der Waals surface area (Å²) >= 11 is 0. The Labute approximate surface area is 106 Å². The van der Waals surface area contributed by atoms with Crippen molar-refractivity contribution in [3.8, 4) is 5.69 Å². The number of carbonyl (C=O) groups is 1. The highest BCUT2D eigenvalue weighted by Gasteiger charge is 2.13. The molecule has 0 aliphatic heterocycles. The molecule has 0 aliphatic carbocycles. The molecule has 0 saturated heterocycles. The molecule has 4 heteroatoms. The number of hydrogen-bond donors (Lipinski definition) is 1. The van der Waals surface area contributed by atoms with E-state index in [1.807, 2.05) is 53.4 Å². The molecular weight excluding hydrogens is 228 g/mol. The van der Waals surface area contributed by atoms with Gasteiger partial charge in [-0.3, -0.25) is 4.79 Å². The highest BCUT2D eigenvalue weighted by molar-refractivity contribution is 5.75. The van der Waals surface area contributed by atoms with Crippen LogP contribution in [0.15, 0.2) is 48.8 Å². The van der Waals surface area contributed by atoms with Crippen LogP contribution in [0.3, 0.4) is 0 Å². The molecule has 0 amide bonds. The summed E-state index contributed by atoms with van der Waals surface area (Å²) in [6, 6.07) is 11.3. The topological polar surface area (TPSA) is 57.2 Å². The summed E-state index contributed by atoms with van der Waals surface area (Å²) in [5.74, 6) is -0.385.